The standard InChI is InChI=1S/C16H13N5O2/c1-10(22)13(14(23)11-6-3-2-4-7-11)18-20-16-12-8-5-9-17-15(12)19-21-16/h2-9,23H,1H3,(H,17,19,21)/b14-13-,20-18?. The summed E-state index contributed by atoms with van der Waals surface area (Å²) in [5.41, 5.74) is 0.873. The van der Waals surface area contributed by atoms with Gasteiger partial charge in [0.05, 0.1) is 5.39 Å². The number of azo groups is 1. The second kappa shape index (κ2) is 6.18. The summed E-state index contributed by atoms with van der Waals surface area (Å²) in [6.07, 6.45) is 1.62. The molecular formula is C16H13N5O2. The Balaban J connectivity index is 2.02. The molecule has 0 fully saturated rings. The molecule has 0 unspecified atom stereocenters. The lowest BCUT2D eigenvalue weighted by Crippen LogP contribution is -1.98. The molecule has 7 heteroatoms. The van der Waals surface area contributed by atoms with Crippen molar-refractivity contribution in [3.63, 3.8) is 0 Å². The van der Waals surface area contributed by atoms with E-state index >= 15 is 0 Å². The number of hydrogen-bond acceptors (Lipinski definition) is 6. The Kier molecular flexibility index (Phi) is 3.92. The normalized spacial score (nSPS) is 12.6. The lowest BCUT2D eigenvalue weighted by atomic mass is 10.1. The predicted molar refractivity (Wildman–Crippen MR) is 85.1 cm³/mol. The van der Waals surface area contributed by atoms with Gasteiger partial charge in [-0.1, -0.05) is 30.3 Å². The van der Waals surface area contributed by atoms with Crippen LogP contribution >= 0.6 is 0 Å². The molecule has 0 saturated carbocycles. The summed E-state index contributed by atoms with van der Waals surface area (Å²) in [5.74, 6) is -0.242. The summed E-state index contributed by atoms with van der Waals surface area (Å²) in [6, 6.07) is 12.2. The van der Waals surface area contributed by atoms with Gasteiger partial charge in [-0.05, 0) is 12.1 Å². The van der Waals surface area contributed by atoms with Gasteiger partial charge in [-0.15, -0.1) is 10.2 Å². The smallest absolute Gasteiger partial charge is 0.183 e. The van der Waals surface area contributed by atoms with Gasteiger partial charge >= 0.3 is 0 Å². The molecule has 0 spiro atoms. The van der Waals surface area contributed by atoms with Gasteiger partial charge < -0.3 is 5.11 Å². The zero-order valence-electron chi connectivity index (χ0n) is 12.3. The third-order valence-corrected chi connectivity index (χ3v) is 3.16. The number of aromatic nitrogens is 3. The molecule has 23 heavy (non-hydrogen) atoms. The van der Waals surface area contributed by atoms with Crippen LogP contribution in [0.5, 0.6) is 0 Å². The number of benzene rings is 1. The molecule has 1 aromatic carbocycles. The Bertz CT molecular complexity index is 912. The monoisotopic (exact) mass is 307 g/mol. The van der Waals surface area contributed by atoms with Crippen LogP contribution in [-0.4, -0.2) is 26.1 Å². The van der Waals surface area contributed by atoms with Crippen molar-refractivity contribution >= 4 is 28.4 Å². The molecule has 0 saturated heterocycles. The number of nitrogens with zero attached hydrogens (tertiary/aromatic N) is 4. The van der Waals surface area contributed by atoms with Gasteiger partial charge in [0.2, 0.25) is 0 Å². The molecule has 0 bridgehead atoms. The summed E-state index contributed by atoms with van der Waals surface area (Å²) < 4.78 is 0. The van der Waals surface area contributed by atoms with E-state index in [1.807, 2.05) is 6.07 Å². The van der Waals surface area contributed by atoms with Crippen LogP contribution in [0.3, 0.4) is 0 Å². The molecule has 0 aliphatic carbocycles. The quantitative estimate of drug-likeness (QED) is 0.437. The van der Waals surface area contributed by atoms with E-state index in [9.17, 15) is 9.90 Å². The fourth-order valence-electron chi connectivity index (χ4n) is 2.03. The third kappa shape index (κ3) is 2.98. The number of carbonyl (C=O) groups excluding carboxylic acids is 1. The van der Waals surface area contributed by atoms with Crippen LogP contribution < -0.4 is 0 Å². The number of hydrogen-bond donors (Lipinski definition) is 2. The van der Waals surface area contributed by atoms with Crippen molar-refractivity contribution in [3.05, 3.63) is 59.9 Å². The number of aromatic amines is 1. The van der Waals surface area contributed by atoms with Crippen molar-refractivity contribution in [2.75, 3.05) is 0 Å². The van der Waals surface area contributed by atoms with E-state index in [-0.39, 0.29) is 11.5 Å². The lowest BCUT2D eigenvalue weighted by Gasteiger charge is -2.02. The molecule has 2 N–H and O–H groups in total. The van der Waals surface area contributed by atoms with E-state index in [1.165, 1.54) is 6.92 Å². The Morgan fingerprint density at radius 2 is 1.96 bits per heavy atom. The average molecular weight is 307 g/mol. The summed E-state index contributed by atoms with van der Waals surface area (Å²) in [5, 5.41) is 25.5. The Labute approximate surface area is 131 Å². The second-order valence-electron chi connectivity index (χ2n) is 4.77. The maximum atomic E-state index is 11.8. The summed E-state index contributed by atoms with van der Waals surface area (Å²) >= 11 is 0. The van der Waals surface area contributed by atoms with Gasteiger partial charge in [-0.25, -0.2) is 4.98 Å². The van der Waals surface area contributed by atoms with E-state index in [0.717, 1.165) is 0 Å². The van der Waals surface area contributed by atoms with Crippen LogP contribution in [0.25, 0.3) is 16.8 Å². The number of fused-ring (bicyclic) bond motifs is 1. The van der Waals surface area contributed by atoms with E-state index in [1.54, 1.807) is 42.6 Å². The highest BCUT2D eigenvalue weighted by atomic mass is 16.3. The SMILES string of the molecule is CC(=O)/C(N=Nc1[nH]nc2ncccc12)=C(/O)c1ccccc1. The van der Waals surface area contributed by atoms with Gasteiger partial charge in [-0.3, -0.25) is 9.89 Å². The fraction of sp³-hybridized carbons (Fsp3) is 0.0625. The van der Waals surface area contributed by atoms with Crippen LogP contribution in [0.1, 0.15) is 12.5 Å². The third-order valence-electron chi connectivity index (χ3n) is 3.16. The van der Waals surface area contributed by atoms with Crippen molar-refractivity contribution in [1.29, 1.82) is 0 Å². The molecule has 0 amide bonds. The molecule has 0 atom stereocenters. The van der Waals surface area contributed by atoms with Crippen molar-refractivity contribution in [2.45, 2.75) is 6.92 Å². The molecule has 3 aromatic rings. The molecule has 3 rings (SSSR count). The highest BCUT2D eigenvalue weighted by molar-refractivity contribution is 5.99. The van der Waals surface area contributed by atoms with Gasteiger partial charge in [0.1, 0.15) is 0 Å². The number of pyridine rings is 1. The second-order valence-corrected chi connectivity index (χ2v) is 4.77. The van der Waals surface area contributed by atoms with E-state index in [0.29, 0.717) is 22.4 Å². The number of rotatable bonds is 4. The number of ketones is 1. The maximum absolute atomic E-state index is 11.8. The predicted octanol–water partition coefficient (Wildman–Crippen LogP) is 3.56. The zero-order chi connectivity index (χ0) is 16.2. The first-order valence-corrected chi connectivity index (χ1v) is 6.87. The van der Waals surface area contributed by atoms with Gasteiger partial charge in [0, 0.05) is 18.7 Å². The Hall–Kier alpha value is -3.35. The molecule has 114 valence electrons. The van der Waals surface area contributed by atoms with E-state index < -0.39 is 5.78 Å². The molecule has 2 heterocycles. The molecule has 7 nitrogen and oxygen atoms in total. The number of Topliss-reactive ketones (excluding diaryl/α,β-unsaturated/α-hetero) is 1. The first-order chi connectivity index (χ1) is 11.2. The van der Waals surface area contributed by atoms with Crippen LogP contribution in [0.2, 0.25) is 0 Å². The minimum atomic E-state index is -0.392. The summed E-state index contributed by atoms with van der Waals surface area (Å²) in [7, 11) is 0. The Morgan fingerprint density at radius 1 is 1.17 bits per heavy atom. The minimum Gasteiger partial charge on any atom is -0.505 e. The lowest BCUT2D eigenvalue weighted by molar-refractivity contribution is -0.113. The van der Waals surface area contributed by atoms with Crippen LogP contribution in [0.15, 0.2) is 64.6 Å². The van der Waals surface area contributed by atoms with Crippen molar-refractivity contribution in [3.8, 4) is 0 Å². The summed E-state index contributed by atoms with van der Waals surface area (Å²) in [4.78, 5) is 15.8. The van der Waals surface area contributed by atoms with Crippen molar-refractivity contribution in [1.82, 2.24) is 15.2 Å². The van der Waals surface area contributed by atoms with Crippen molar-refractivity contribution < 1.29 is 9.90 Å². The number of allylic oxidation sites excluding steroid dienone is 1. The average Bonchev–Trinajstić information content (AvgIpc) is 2.99. The number of H-pyrrole nitrogens is 1. The van der Waals surface area contributed by atoms with E-state index in [2.05, 4.69) is 25.4 Å². The number of aliphatic hydroxyl groups excluding tert-OH is 1. The topological polar surface area (TPSA) is 104 Å². The van der Waals surface area contributed by atoms with Crippen LogP contribution in [0.4, 0.5) is 5.82 Å². The molecule has 0 aliphatic rings. The first-order valence-electron chi connectivity index (χ1n) is 6.87. The van der Waals surface area contributed by atoms with E-state index in [4.69, 9.17) is 0 Å². The zero-order valence-corrected chi connectivity index (χ0v) is 12.3. The molecule has 0 aliphatic heterocycles. The first kappa shape index (κ1) is 14.6. The Morgan fingerprint density at radius 3 is 2.70 bits per heavy atom. The van der Waals surface area contributed by atoms with Gasteiger partial charge in [0.15, 0.2) is 28.7 Å². The largest absolute Gasteiger partial charge is 0.505 e. The van der Waals surface area contributed by atoms with Gasteiger partial charge in [0.25, 0.3) is 0 Å². The highest BCUT2D eigenvalue weighted by Crippen LogP contribution is 2.24. The van der Waals surface area contributed by atoms with Crippen molar-refractivity contribution in [2.24, 2.45) is 10.2 Å². The fourth-order valence-corrected chi connectivity index (χ4v) is 2.03. The van der Waals surface area contributed by atoms with Gasteiger partial charge in [-0.2, -0.15) is 5.10 Å². The minimum absolute atomic E-state index is 0.122. The molecule has 2 aromatic heterocycles. The molecule has 0 radical (unpaired) electrons. The van der Waals surface area contributed by atoms with Crippen LogP contribution in [0, 0.1) is 0 Å². The number of aliphatic hydroxyl groups is 1. The molecular weight excluding hydrogens is 294 g/mol. The maximum Gasteiger partial charge on any atom is 0.183 e. The summed E-state index contributed by atoms with van der Waals surface area (Å²) in [6.45, 7) is 1.32. The number of carbonyl (C=O) groups is 1. The highest BCUT2D eigenvalue weighted by Gasteiger charge is 2.13. The van der Waals surface area contributed by atoms with Crippen LogP contribution in [-0.2, 0) is 4.79 Å². The number of nitrogens with one attached hydrogen (secondary N) is 1.